The molecule has 0 bridgehead atoms. The largest absolute Gasteiger partial charge is 0.494 e. The molecule has 3 heteroatoms. The molecule has 0 aliphatic carbocycles. The SMILES string of the molecule is CCCOc1ccc(C=Nc2ccc(Br)cc2)cc1. The Kier molecular flexibility index (Phi) is 5.16. The summed E-state index contributed by atoms with van der Waals surface area (Å²) < 4.78 is 6.60. The van der Waals surface area contributed by atoms with Gasteiger partial charge < -0.3 is 4.74 Å². The van der Waals surface area contributed by atoms with Gasteiger partial charge >= 0.3 is 0 Å². The molecule has 0 saturated heterocycles. The molecule has 2 nitrogen and oxygen atoms in total. The zero-order chi connectivity index (χ0) is 13.5. The number of nitrogens with zero attached hydrogens (tertiary/aromatic N) is 1. The minimum Gasteiger partial charge on any atom is -0.494 e. The zero-order valence-corrected chi connectivity index (χ0v) is 12.4. The maximum atomic E-state index is 5.54. The van der Waals surface area contributed by atoms with Crippen molar-refractivity contribution in [3.63, 3.8) is 0 Å². The van der Waals surface area contributed by atoms with E-state index in [9.17, 15) is 0 Å². The van der Waals surface area contributed by atoms with E-state index in [4.69, 9.17) is 4.74 Å². The van der Waals surface area contributed by atoms with Crippen LogP contribution in [0.3, 0.4) is 0 Å². The fraction of sp³-hybridized carbons (Fsp3) is 0.188. The summed E-state index contributed by atoms with van der Waals surface area (Å²) in [6, 6.07) is 15.9. The van der Waals surface area contributed by atoms with E-state index < -0.39 is 0 Å². The molecule has 19 heavy (non-hydrogen) atoms. The van der Waals surface area contributed by atoms with Crippen LogP contribution in [0.25, 0.3) is 0 Å². The highest BCUT2D eigenvalue weighted by molar-refractivity contribution is 9.10. The second-order valence-corrected chi connectivity index (χ2v) is 5.07. The van der Waals surface area contributed by atoms with Crippen LogP contribution < -0.4 is 4.74 Å². The molecule has 0 heterocycles. The summed E-state index contributed by atoms with van der Waals surface area (Å²) in [6.07, 6.45) is 2.87. The Hall–Kier alpha value is -1.61. The summed E-state index contributed by atoms with van der Waals surface area (Å²) in [5, 5.41) is 0. The molecule has 98 valence electrons. The lowest BCUT2D eigenvalue weighted by Crippen LogP contribution is -1.94. The molecule has 0 atom stereocenters. The monoisotopic (exact) mass is 317 g/mol. The molecule has 2 rings (SSSR count). The number of rotatable bonds is 5. The smallest absolute Gasteiger partial charge is 0.119 e. The molecule has 2 aromatic carbocycles. The molecular weight excluding hydrogens is 302 g/mol. The van der Waals surface area contributed by atoms with Crippen LogP contribution in [0.15, 0.2) is 58.0 Å². The standard InChI is InChI=1S/C16H16BrNO/c1-2-11-19-16-9-3-13(4-10-16)12-18-15-7-5-14(17)6-8-15/h3-10,12H,2,11H2,1H3. The highest BCUT2D eigenvalue weighted by Gasteiger charge is 1.93. The fourth-order valence-corrected chi connectivity index (χ4v) is 1.81. The van der Waals surface area contributed by atoms with Crippen molar-refractivity contribution in [3.8, 4) is 5.75 Å². The molecule has 0 aromatic heterocycles. The van der Waals surface area contributed by atoms with Gasteiger partial charge in [0.25, 0.3) is 0 Å². The topological polar surface area (TPSA) is 21.6 Å². The summed E-state index contributed by atoms with van der Waals surface area (Å²) in [5.41, 5.74) is 2.00. The van der Waals surface area contributed by atoms with E-state index in [0.29, 0.717) is 0 Å². The van der Waals surface area contributed by atoms with Gasteiger partial charge in [0, 0.05) is 10.7 Å². The van der Waals surface area contributed by atoms with Gasteiger partial charge in [-0.3, -0.25) is 4.99 Å². The van der Waals surface area contributed by atoms with E-state index in [1.54, 1.807) is 0 Å². The lowest BCUT2D eigenvalue weighted by atomic mass is 10.2. The normalized spacial score (nSPS) is 10.8. The van der Waals surface area contributed by atoms with Crippen LogP contribution in [0.2, 0.25) is 0 Å². The molecule has 0 unspecified atom stereocenters. The number of hydrogen-bond acceptors (Lipinski definition) is 2. The van der Waals surface area contributed by atoms with Crippen molar-refractivity contribution in [2.45, 2.75) is 13.3 Å². The van der Waals surface area contributed by atoms with Crippen molar-refractivity contribution in [2.75, 3.05) is 6.61 Å². The Morgan fingerprint density at radius 3 is 2.37 bits per heavy atom. The van der Waals surface area contributed by atoms with Gasteiger partial charge in [-0.2, -0.15) is 0 Å². The minimum absolute atomic E-state index is 0.756. The first-order chi connectivity index (χ1) is 9.28. The Morgan fingerprint density at radius 1 is 1.05 bits per heavy atom. The van der Waals surface area contributed by atoms with Crippen LogP contribution in [0, 0.1) is 0 Å². The summed E-state index contributed by atoms with van der Waals surface area (Å²) in [7, 11) is 0. The summed E-state index contributed by atoms with van der Waals surface area (Å²) in [5.74, 6) is 0.905. The molecule has 0 N–H and O–H groups in total. The highest BCUT2D eigenvalue weighted by atomic mass is 79.9. The van der Waals surface area contributed by atoms with Crippen LogP contribution in [0.5, 0.6) is 5.75 Å². The third-order valence-corrected chi connectivity index (χ3v) is 3.07. The molecule has 0 aliphatic rings. The minimum atomic E-state index is 0.756. The predicted molar refractivity (Wildman–Crippen MR) is 83.6 cm³/mol. The van der Waals surface area contributed by atoms with Gasteiger partial charge in [0.15, 0.2) is 0 Å². The van der Waals surface area contributed by atoms with Crippen LogP contribution in [0.4, 0.5) is 5.69 Å². The van der Waals surface area contributed by atoms with E-state index in [-0.39, 0.29) is 0 Å². The van der Waals surface area contributed by atoms with Crippen molar-refractivity contribution in [3.05, 3.63) is 58.6 Å². The lowest BCUT2D eigenvalue weighted by Gasteiger charge is -2.03. The van der Waals surface area contributed by atoms with E-state index in [2.05, 4.69) is 27.8 Å². The number of hydrogen-bond donors (Lipinski definition) is 0. The van der Waals surface area contributed by atoms with Gasteiger partial charge in [-0.15, -0.1) is 0 Å². The van der Waals surface area contributed by atoms with Crippen molar-refractivity contribution < 1.29 is 4.74 Å². The molecule has 0 aliphatic heterocycles. The van der Waals surface area contributed by atoms with Gasteiger partial charge in [-0.1, -0.05) is 22.9 Å². The molecule has 0 spiro atoms. The van der Waals surface area contributed by atoms with Crippen LogP contribution in [-0.2, 0) is 0 Å². The molecule has 0 fully saturated rings. The molecule has 0 radical (unpaired) electrons. The maximum absolute atomic E-state index is 5.54. The van der Waals surface area contributed by atoms with Crippen molar-refractivity contribution in [2.24, 2.45) is 4.99 Å². The molecule has 0 saturated carbocycles. The summed E-state index contributed by atoms with van der Waals surface area (Å²) in [6.45, 7) is 2.85. The average Bonchev–Trinajstić information content (AvgIpc) is 2.46. The van der Waals surface area contributed by atoms with E-state index in [1.165, 1.54) is 0 Å². The summed E-state index contributed by atoms with van der Waals surface area (Å²) in [4.78, 5) is 4.42. The fourth-order valence-electron chi connectivity index (χ4n) is 1.55. The average molecular weight is 318 g/mol. The first-order valence-electron chi connectivity index (χ1n) is 6.30. The number of aliphatic imine (C=N–C) groups is 1. The third kappa shape index (κ3) is 4.52. The number of benzene rings is 2. The highest BCUT2D eigenvalue weighted by Crippen LogP contribution is 2.17. The second kappa shape index (κ2) is 7.10. The van der Waals surface area contributed by atoms with Gasteiger partial charge in [-0.25, -0.2) is 0 Å². The van der Waals surface area contributed by atoms with E-state index in [0.717, 1.165) is 34.5 Å². The van der Waals surface area contributed by atoms with Gasteiger partial charge in [-0.05, 0) is 60.5 Å². The van der Waals surface area contributed by atoms with E-state index in [1.807, 2.05) is 54.7 Å². The van der Waals surface area contributed by atoms with Crippen LogP contribution >= 0.6 is 15.9 Å². The first-order valence-corrected chi connectivity index (χ1v) is 7.10. The maximum Gasteiger partial charge on any atom is 0.119 e. The Labute approximate surface area is 122 Å². The van der Waals surface area contributed by atoms with Gasteiger partial charge in [0.05, 0.1) is 12.3 Å². The van der Waals surface area contributed by atoms with Crippen molar-refractivity contribution in [1.29, 1.82) is 0 Å². The molecule has 0 amide bonds. The van der Waals surface area contributed by atoms with E-state index >= 15 is 0 Å². The number of halogens is 1. The van der Waals surface area contributed by atoms with Crippen molar-refractivity contribution in [1.82, 2.24) is 0 Å². The predicted octanol–water partition coefficient (Wildman–Crippen LogP) is 4.99. The van der Waals surface area contributed by atoms with Crippen LogP contribution in [0.1, 0.15) is 18.9 Å². The third-order valence-electron chi connectivity index (χ3n) is 2.54. The quantitative estimate of drug-likeness (QED) is 0.712. The summed E-state index contributed by atoms with van der Waals surface area (Å²) >= 11 is 3.40. The lowest BCUT2D eigenvalue weighted by molar-refractivity contribution is 0.317. The van der Waals surface area contributed by atoms with Gasteiger partial charge in [0.2, 0.25) is 0 Å². The Morgan fingerprint density at radius 2 is 1.74 bits per heavy atom. The zero-order valence-electron chi connectivity index (χ0n) is 10.8. The first kappa shape index (κ1) is 13.8. The second-order valence-electron chi connectivity index (χ2n) is 4.15. The van der Waals surface area contributed by atoms with Gasteiger partial charge in [0.1, 0.15) is 5.75 Å². The molecule has 2 aromatic rings. The Bertz CT molecular complexity index is 532. The Balaban J connectivity index is 2.00. The molecular formula is C16H16BrNO. The van der Waals surface area contributed by atoms with Crippen LogP contribution in [-0.4, -0.2) is 12.8 Å². The van der Waals surface area contributed by atoms with Crippen molar-refractivity contribution >= 4 is 27.8 Å². The number of ether oxygens (including phenoxy) is 1.